The van der Waals surface area contributed by atoms with E-state index in [4.69, 9.17) is 4.74 Å². The number of hydrogen-bond donors (Lipinski definition) is 2. The van der Waals surface area contributed by atoms with Gasteiger partial charge in [-0.2, -0.15) is 0 Å². The van der Waals surface area contributed by atoms with Crippen LogP contribution in [0.2, 0.25) is 0 Å². The van der Waals surface area contributed by atoms with E-state index in [1.807, 2.05) is 13.0 Å². The van der Waals surface area contributed by atoms with Crippen LogP contribution in [0.1, 0.15) is 51.9 Å². The van der Waals surface area contributed by atoms with Gasteiger partial charge in [-0.25, -0.2) is 4.79 Å². The fourth-order valence-corrected chi connectivity index (χ4v) is 2.13. The van der Waals surface area contributed by atoms with Gasteiger partial charge >= 0.3 is 6.09 Å². The van der Waals surface area contributed by atoms with E-state index in [9.17, 15) is 9.59 Å². The van der Waals surface area contributed by atoms with E-state index in [-0.39, 0.29) is 12.0 Å². The van der Waals surface area contributed by atoms with Gasteiger partial charge in [0.15, 0.2) is 0 Å². The highest BCUT2D eigenvalue weighted by Gasteiger charge is 2.12. The van der Waals surface area contributed by atoms with Crippen molar-refractivity contribution in [3.63, 3.8) is 0 Å². The molecule has 0 saturated heterocycles. The summed E-state index contributed by atoms with van der Waals surface area (Å²) in [6, 6.07) is 0. The zero-order valence-electron chi connectivity index (χ0n) is 12.3. The molecule has 0 bridgehead atoms. The first-order valence-electron chi connectivity index (χ1n) is 7.60. The summed E-state index contributed by atoms with van der Waals surface area (Å²) in [6.07, 6.45) is 10.1. The van der Waals surface area contributed by atoms with Crippen LogP contribution in [0.25, 0.3) is 0 Å². The van der Waals surface area contributed by atoms with Gasteiger partial charge in [0.05, 0.1) is 0 Å². The van der Waals surface area contributed by atoms with Gasteiger partial charge in [-0.1, -0.05) is 12.5 Å². The van der Waals surface area contributed by atoms with Crippen molar-refractivity contribution in [2.75, 3.05) is 13.1 Å². The lowest BCUT2D eigenvalue weighted by Gasteiger charge is -2.16. The van der Waals surface area contributed by atoms with Crippen LogP contribution in [0.3, 0.4) is 0 Å². The lowest BCUT2D eigenvalue weighted by atomic mass is 10.0. The van der Waals surface area contributed by atoms with E-state index < -0.39 is 6.09 Å². The summed E-state index contributed by atoms with van der Waals surface area (Å²) in [5, 5.41) is 5.41. The molecule has 2 amide bonds. The Morgan fingerprint density at radius 2 is 2.10 bits per heavy atom. The van der Waals surface area contributed by atoms with Crippen LogP contribution >= 0.6 is 0 Å². The molecule has 2 N–H and O–H groups in total. The Morgan fingerprint density at radius 3 is 2.90 bits per heavy atom. The summed E-state index contributed by atoms with van der Waals surface area (Å²) >= 11 is 0. The van der Waals surface area contributed by atoms with Gasteiger partial charge < -0.3 is 15.4 Å². The third kappa shape index (κ3) is 7.81. The first kappa shape index (κ1) is 16.5. The molecule has 5 heteroatoms. The first-order chi connectivity index (χ1) is 9.72. The van der Waals surface area contributed by atoms with Gasteiger partial charge in [-0.05, 0) is 45.1 Å². The standard InChI is InChI=1S/C15H26N2O3/c1-2-16-14(18)11-8-12-17-15(19)20-13-9-6-4-3-5-7-10-13/h6,9,13H,2-5,7-8,10-12H2,1H3,(H,16,18)(H,17,19)/b9-6+. The number of nitrogens with one attached hydrogen (secondary N) is 2. The van der Waals surface area contributed by atoms with Gasteiger partial charge in [0, 0.05) is 19.5 Å². The minimum atomic E-state index is -0.392. The van der Waals surface area contributed by atoms with E-state index in [2.05, 4.69) is 16.7 Å². The number of carbonyl (C=O) groups excluding carboxylic acids is 2. The van der Waals surface area contributed by atoms with Crippen molar-refractivity contribution in [1.29, 1.82) is 0 Å². The molecule has 0 saturated carbocycles. The van der Waals surface area contributed by atoms with E-state index >= 15 is 0 Å². The second-order valence-corrected chi connectivity index (χ2v) is 4.99. The Bertz CT molecular complexity index is 329. The largest absolute Gasteiger partial charge is 0.442 e. The van der Waals surface area contributed by atoms with Crippen molar-refractivity contribution < 1.29 is 14.3 Å². The van der Waals surface area contributed by atoms with Crippen molar-refractivity contribution in [3.8, 4) is 0 Å². The van der Waals surface area contributed by atoms with Crippen molar-refractivity contribution in [1.82, 2.24) is 10.6 Å². The maximum absolute atomic E-state index is 11.6. The van der Waals surface area contributed by atoms with Crippen LogP contribution in [-0.2, 0) is 9.53 Å². The zero-order chi connectivity index (χ0) is 14.6. The van der Waals surface area contributed by atoms with Crippen LogP contribution in [0.15, 0.2) is 12.2 Å². The molecule has 0 fully saturated rings. The maximum Gasteiger partial charge on any atom is 0.407 e. The molecule has 0 aromatic rings. The summed E-state index contributed by atoms with van der Waals surface area (Å²) < 4.78 is 5.34. The van der Waals surface area contributed by atoms with Gasteiger partial charge in [-0.3, -0.25) is 4.79 Å². The average Bonchev–Trinajstić information content (AvgIpc) is 2.38. The molecule has 0 aliphatic heterocycles. The van der Waals surface area contributed by atoms with Crippen molar-refractivity contribution in [3.05, 3.63) is 12.2 Å². The molecular weight excluding hydrogens is 256 g/mol. The van der Waals surface area contributed by atoms with E-state index in [1.165, 1.54) is 12.8 Å². The molecule has 0 radical (unpaired) electrons. The van der Waals surface area contributed by atoms with Crippen molar-refractivity contribution in [2.45, 2.75) is 58.0 Å². The predicted octanol–water partition coefficient (Wildman–Crippen LogP) is 2.52. The molecule has 1 aliphatic carbocycles. The Labute approximate surface area is 121 Å². The average molecular weight is 282 g/mol. The maximum atomic E-state index is 11.6. The monoisotopic (exact) mass is 282 g/mol. The summed E-state index contributed by atoms with van der Waals surface area (Å²) in [5.74, 6) is 0.0191. The van der Waals surface area contributed by atoms with Gasteiger partial charge in [0.2, 0.25) is 5.91 Å². The fraction of sp³-hybridized carbons (Fsp3) is 0.733. The molecule has 1 unspecified atom stereocenters. The molecule has 5 nitrogen and oxygen atoms in total. The number of allylic oxidation sites excluding steroid dienone is 1. The third-order valence-corrected chi connectivity index (χ3v) is 3.19. The molecule has 20 heavy (non-hydrogen) atoms. The summed E-state index contributed by atoms with van der Waals surface area (Å²) in [5.41, 5.74) is 0. The number of ether oxygens (including phenoxy) is 1. The van der Waals surface area contributed by atoms with Gasteiger partial charge in [-0.15, -0.1) is 0 Å². The van der Waals surface area contributed by atoms with Crippen molar-refractivity contribution >= 4 is 12.0 Å². The quantitative estimate of drug-likeness (QED) is 0.581. The van der Waals surface area contributed by atoms with Crippen LogP contribution in [-0.4, -0.2) is 31.2 Å². The van der Waals surface area contributed by atoms with E-state index in [1.54, 1.807) is 0 Å². The number of rotatable bonds is 6. The van der Waals surface area contributed by atoms with Gasteiger partial charge in [0.1, 0.15) is 6.10 Å². The first-order valence-corrected chi connectivity index (χ1v) is 7.60. The van der Waals surface area contributed by atoms with E-state index in [0.717, 1.165) is 19.3 Å². The molecule has 114 valence electrons. The summed E-state index contributed by atoms with van der Waals surface area (Å²) in [4.78, 5) is 22.8. The second kappa shape index (κ2) is 10.3. The van der Waals surface area contributed by atoms with Gasteiger partial charge in [0.25, 0.3) is 0 Å². The molecule has 1 atom stereocenters. The minimum absolute atomic E-state index is 0.0191. The van der Waals surface area contributed by atoms with Crippen LogP contribution < -0.4 is 10.6 Å². The van der Waals surface area contributed by atoms with Crippen LogP contribution in [0.5, 0.6) is 0 Å². The molecule has 1 rings (SSSR count). The SMILES string of the molecule is CCNC(=O)CCCNC(=O)OC1/C=C/CCCCC1. The van der Waals surface area contributed by atoms with Crippen LogP contribution in [0, 0.1) is 0 Å². The Balaban J connectivity index is 2.12. The smallest absolute Gasteiger partial charge is 0.407 e. The van der Waals surface area contributed by atoms with E-state index in [0.29, 0.717) is 25.9 Å². The number of carbonyl (C=O) groups is 2. The molecule has 0 heterocycles. The fourth-order valence-electron chi connectivity index (χ4n) is 2.13. The molecular formula is C15H26N2O3. The number of hydrogen-bond acceptors (Lipinski definition) is 3. The number of alkyl carbamates (subject to hydrolysis) is 1. The summed E-state index contributed by atoms with van der Waals surface area (Å²) in [7, 11) is 0. The lowest BCUT2D eigenvalue weighted by molar-refractivity contribution is -0.121. The second-order valence-electron chi connectivity index (χ2n) is 4.99. The molecule has 0 aromatic heterocycles. The highest BCUT2D eigenvalue weighted by atomic mass is 16.6. The van der Waals surface area contributed by atoms with Crippen molar-refractivity contribution in [2.24, 2.45) is 0 Å². The number of amides is 2. The summed E-state index contributed by atoms with van der Waals surface area (Å²) in [6.45, 7) is 2.99. The lowest BCUT2D eigenvalue weighted by Crippen LogP contribution is -2.30. The minimum Gasteiger partial charge on any atom is -0.442 e. The highest BCUT2D eigenvalue weighted by Crippen LogP contribution is 2.14. The molecule has 0 aromatic carbocycles. The predicted molar refractivity (Wildman–Crippen MR) is 78.4 cm³/mol. The Kier molecular flexibility index (Phi) is 8.51. The zero-order valence-corrected chi connectivity index (χ0v) is 12.3. The normalized spacial score (nSPS) is 20.4. The van der Waals surface area contributed by atoms with Crippen LogP contribution in [0.4, 0.5) is 4.79 Å². The molecule has 0 spiro atoms. The topological polar surface area (TPSA) is 67.4 Å². The third-order valence-electron chi connectivity index (χ3n) is 3.19. The highest BCUT2D eigenvalue weighted by molar-refractivity contribution is 5.75. The Morgan fingerprint density at radius 1 is 1.25 bits per heavy atom. The Hall–Kier alpha value is -1.52. The molecule has 1 aliphatic rings.